The van der Waals surface area contributed by atoms with Crippen molar-refractivity contribution in [1.29, 1.82) is 0 Å². The fourth-order valence-electron chi connectivity index (χ4n) is 0.691. The lowest BCUT2D eigenvalue weighted by Gasteiger charge is -1.91. The van der Waals surface area contributed by atoms with Crippen molar-refractivity contribution in [3.63, 3.8) is 0 Å². The van der Waals surface area contributed by atoms with E-state index in [2.05, 4.69) is 20.9 Å². The standard InChI is InChI=1S/C7H8BrNO2S/c1-11-4-6(10)7-9-3-5(2-8)12-7/h3H,2,4H2,1H3. The molecule has 66 valence electrons. The van der Waals surface area contributed by atoms with Gasteiger partial charge in [0.25, 0.3) is 0 Å². The van der Waals surface area contributed by atoms with Gasteiger partial charge < -0.3 is 4.74 Å². The SMILES string of the molecule is COCC(=O)c1ncc(CBr)s1. The van der Waals surface area contributed by atoms with Crippen LogP contribution in [0, 0.1) is 0 Å². The zero-order valence-electron chi connectivity index (χ0n) is 6.54. The summed E-state index contributed by atoms with van der Waals surface area (Å²) in [6.07, 6.45) is 1.70. The van der Waals surface area contributed by atoms with Crippen LogP contribution in [0.25, 0.3) is 0 Å². The Bertz CT molecular complexity index is 274. The van der Waals surface area contributed by atoms with Crippen LogP contribution in [0.5, 0.6) is 0 Å². The smallest absolute Gasteiger partial charge is 0.216 e. The Morgan fingerprint density at radius 2 is 2.58 bits per heavy atom. The van der Waals surface area contributed by atoms with Gasteiger partial charge in [0.2, 0.25) is 5.78 Å². The number of halogens is 1. The average Bonchev–Trinajstić information content (AvgIpc) is 2.52. The number of Topliss-reactive ketones (excluding diaryl/α,β-unsaturated/α-hetero) is 1. The van der Waals surface area contributed by atoms with Gasteiger partial charge in [-0.15, -0.1) is 11.3 Å². The quantitative estimate of drug-likeness (QED) is 0.604. The van der Waals surface area contributed by atoms with Gasteiger partial charge in [-0.2, -0.15) is 0 Å². The predicted octanol–water partition coefficient (Wildman–Crippen LogP) is 1.87. The van der Waals surface area contributed by atoms with Crippen LogP contribution in [-0.2, 0) is 10.1 Å². The van der Waals surface area contributed by atoms with Crippen molar-refractivity contribution in [3.05, 3.63) is 16.1 Å². The van der Waals surface area contributed by atoms with Gasteiger partial charge in [0.15, 0.2) is 5.01 Å². The Kier molecular flexibility index (Phi) is 3.84. The number of hydrogen-bond acceptors (Lipinski definition) is 4. The molecular formula is C7H8BrNO2S. The molecule has 0 bridgehead atoms. The van der Waals surface area contributed by atoms with Crippen LogP contribution in [-0.4, -0.2) is 24.5 Å². The van der Waals surface area contributed by atoms with E-state index < -0.39 is 0 Å². The highest BCUT2D eigenvalue weighted by atomic mass is 79.9. The number of alkyl halides is 1. The lowest BCUT2D eigenvalue weighted by Crippen LogP contribution is -2.05. The highest BCUT2D eigenvalue weighted by Crippen LogP contribution is 2.16. The Hall–Kier alpha value is -0.260. The Morgan fingerprint density at radius 1 is 1.83 bits per heavy atom. The highest BCUT2D eigenvalue weighted by molar-refractivity contribution is 9.08. The molecule has 1 aromatic heterocycles. The van der Waals surface area contributed by atoms with E-state index in [4.69, 9.17) is 4.74 Å². The molecule has 1 aromatic rings. The molecule has 0 saturated carbocycles. The molecule has 0 radical (unpaired) electrons. The first-order chi connectivity index (χ1) is 5.77. The summed E-state index contributed by atoms with van der Waals surface area (Å²) in [5, 5.41) is 1.26. The van der Waals surface area contributed by atoms with E-state index in [1.165, 1.54) is 18.4 Å². The van der Waals surface area contributed by atoms with Crippen LogP contribution in [0.15, 0.2) is 6.20 Å². The van der Waals surface area contributed by atoms with Crippen molar-refractivity contribution in [3.8, 4) is 0 Å². The second-order valence-electron chi connectivity index (χ2n) is 2.12. The van der Waals surface area contributed by atoms with Gasteiger partial charge in [-0.25, -0.2) is 4.98 Å². The second kappa shape index (κ2) is 4.69. The molecule has 5 heteroatoms. The first-order valence-corrected chi connectivity index (χ1v) is 5.24. The minimum absolute atomic E-state index is 0.0605. The molecule has 0 unspecified atom stereocenters. The van der Waals surface area contributed by atoms with E-state index in [0.717, 1.165) is 10.2 Å². The molecule has 3 nitrogen and oxygen atoms in total. The number of thiazole rings is 1. The lowest BCUT2D eigenvalue weighted by molar-refractivity contribution is 0.0847. The van der Waals surface area contributed by atoms with E-state index in [9.17, 15) is 4.79 Å². The van der Waals surface area contributed by atoms with Crippen molar-refractivity contribution >= 4 is 33.0 Å². The van der Waals surface area contributed by atoms with Crippen LogP contribution >= 0.6 is 27.3 Å². The van der Waals surface area contributed by atoms with Gasteiger partial charge in [0.05, 0.1) is 0 Å². The van der Waals surface area contributed by atoms with Gasteiger partial charge in [-0.05, 0) is 0 Å². The monoisotopic (exact) mass is 249 g/mol. The third kappa shape index (κ3) is 2.36. The molecule has 0 saturated heterocycles. The molecule has 0 aromatic carbocycles. The van der Waals surface area contributed by atoms with E-state index in [0.29, 0.717) is 5.01 Å². The van der Waals surface area contributed by atoms with Crippen molar-refractivity contribution in [1.82, 2.24) is 4.98 Å². The molecule has 1 rings (SSSR count). The number of methoxy groups -OCH3 is 1. The largest absolute Gasteiger partial charge is 0.376 e. The number of rotatable bonds is 4. The molecule has 0 spiro atoms. The van der Waals surface area contributed by atoms with Gasteiger partial charge in [-0.1, -0.05) is 15.9 Å². The Labute approximate surface area is 82.9 Å². The topological polar surface area (TPSA) is 39.2 Å². The minimum atomic E-state index is -0.0605. The lowest BCUT2D eigenvalue weighted by atomic mass is 10.4. The molecule has 1 heterocycles. The maximum atomic E-state index is 11.2. The fraction of sp³-hybridized carbons (Fsp3) is 0.429. The van der Waals surface area contributed by atoms with E-state index in [-0.39, 0.29) is 12.4 Å². The first-order valence-electron chi connectivity index (χ1n) is 3.30. The summed E-state index contributed by atoms with van der Waals surface area (Å²) in [6, 6.07) is 0. The van der Waals surface area contributed by atoms with Gasteiger partial charge in [0.1, 0.15) is 6.61 Å². The second-order valence-corrected chi connectivity index (χ2v) is 3.80. The molecule has 0 amide bonds. The predicted molar refractivity (Wildman–Crippen MR) is 51.0 cm³/mol. The van der Waals surface area contributed by atoms with Crippen LogP contribution < -0.4 is 0 Å². The Morgan fingerprint density at radius 3 is 3.08 bits per heavy atom. The maximum absolute atomic E-state index is 11.2. The van der Waals surface area contributed by atoms with Crippen LogP contribution in [0.4, 0.5) is 0 Å². The van der Waals surface area contributed by atoms with Crippen molar-refractivity contribution in [2.45, 2.75) is 5.33 Å². The fourth-order valence-corrected chi connectivity index (χ4v) is 1.87. The van der Waals surface area contributed by atoms with Crippen LogP contribution in [0.2, 0.25) is 0 Å². The summed E-state index contributed by atoms with van der Waals surface area (Å²) < 4.78 is 4.71. The number of nitrogens with zero attached hydrogens (tertiary/aromatic N) is 1. The molecule has 0 N–H and O–H groups in total. The van der Waals surface area contributed by atoms with Crippen molar-refractivity contribution in [2.75, 3.05) is 13.7 Å². The summed E-state index contributed by atoms with van der Waals surface area (Å²) >= 11 is 4.68. The van der Waals surface area contributed by atoms with Gasteiger partial charge in [0, 0.05) is 23.5 Å². The number of ether oxygens (including phenoxy) is 1. The number of ketones is 1. The Balaban J connectivity index is 2.68. The zero-order valence-corrected chi connectivity index (χ0v) is 8.94. The number of carbonyl (C=O) groups is 1. The highest BCUT2D eigenvalue weighted by Gasteiger charge is 2.09. The normalized spacial score (nSPS) is 10.2. The number of carbonyl (C=O) groups excluding carboxylic acids is 1. The van der Waals surface area contributed by atoms with Crippen molar-refractivity contribution in [2.24, 2.45) is 0 Å². The zero-order chi connectivity index (χ0) is 8.97. The third-order valence-corrected chi connectivity index (χ3v) is 3.21. The molecule has 0 aliphatic carbocycles. The molecule has 0 aliphatic rings. The summed E-state index contributed by atoms with van der Waals surface area (Å²) in [6.45, 7) is 0.106. The maximum Gasteiger partial charge on any atom is 0.216 e. The van der Waals surface area contributed by atoms with Gasteiger partial charge >= 0.3 is 0 Å². The van der Waals surface area contributed by atoms with E-state index in [1.54, 1.807) is 6.20 Å². The van der Waals surface area contributed by atoms with E-state index in [1.807, 2.05) is 0 Å². The van der Waals surface area contributed by atoms with Crippen LogP contribution in [0.1, 0.15) is 14.7 Å². The third-order valence-electron chi connectivity index (χ3n) is 1.20. The summed E-state index contributed by atoms with van der Waals surface area (Å²) in [4.78, 5) is 16.2. The summed E-state index contributed by atoms with van der Waals surface area (Å²) in [7, 11) is 1.50. The van der Waals surface area contributed by atoms with E-state index >= 15 is 0 Å². The summed E-state index contributed by atoms with van der Waals surface area (Å²) in [5.41, 5.74) is 0. The number of aromatic nitrogens is 1. The van der Waals surface area contributed by atoms with Crippen LogP contribution in [0.3, 0.4) is 0 Å². The molecule has 0 fully saturated rings. The first kappa shape index (κ1) is 9.83. The summed E-state index contributed by atoms with van der Waals surface area (Å²) in [5.74, 6) is -0.0605. The molecule has 12 heavy (non-hydrogen) atoms. The molecular weight excluding hydrogens is 242 g/mol. The molecule has 0 atom stereocenters. The van der Waals surface area contributed by atoms with Gasteiger partial charge in [-0.3, -0.25) is 4.79 Å². The molecule has 0 aliphatic heterocycles. The average molecular weight is 250 g/mol. The minimum Gasteiger partial charge on any atom is -0.376 e. The number of hydrogen-bond donors (Lipinski definition) is 0. The van der Waals surface area contributed by atoms with Crippen molar-refractivity contribution < 1.29 is 9.53 Å².